The highest BCUT2D eigenvalue weighted by molar-refractivity contribution is 6.76. The van der Waals surface area contributed by atoms with Gasteiger partial charge in [-0.1, -0.05) is 104 Å². The van der Waals surface area contributed by atoms with Gasteiger partial charge in [0.15, 0.2) is 8.24 Å². The maximum Gasteiger partial charge on any atom is 0.191 e. The highest BCUT2D eigenvalue weighted by atomic mass is 28.3. The van der Waals surface area contributed by atoms with E-state index in [1.807, 2.05) is 0 Å². The van der Waals surface area contributed by atoms with E-state index in [9.17, 15) is 0 Å². The second kappa shape index (κ2) is 11.0. The van der Waals surface area contributed by atoms with Crippen LogP contribution in [0.3, 0.4) is 0 Å². The Bertz CT molecular complexity index is 1450. The van der Waals surface area contributed by atoms with Crippen LogP contribution in [0, 0.1) is 17.8 Å². The molecule has 4 heteroatoms. The number of hydrogen-bond donors (Lipinski definition) is 0. The molecule has 6 rings (SSSR count). The molecule has 0 amide bonds. The normalized spacial score (nSPS) is 27.0. The first-order valence-electron chi connectivity index (χ1n) is 17.5. The van der Waals surface area contributed by atoms with E-state index in [1.165, 1.54) is 60.8 Å². The molecule has 0 N–H and O–H groups in total. The third-order valence-electron chi connectivity index (χ3n) is 11.8. The zero-order valence-electron chi connectivity index (χ0n) is 29.6. The fourth-order valence-corrected chi connectivity index (χ4v) is 16.0. The molecule has 4 atom stereocenters. The van der Waals surface area contributed by atoms with Crippen molar-refractivity contribution in [3.63, 3.8) is 0 Å². The highest BCUT2D eigenvalue weighted by Gasteiger charge is 2.57. The van der Waals surface area contributed by atoms with Crippen molar-refractivity contribution in [3.8, 4) is 11.5 Å². The number of rotatable bonds is 6. The van der Waals surface area contributed by atoms with Crippen LogP contribution < -0.4 is 4.74 Å². The zero-order valence-corrected chi connectivity index (χ0v) is 30.6. The largest absolute Gasteiger partial charge is 0.457 e. The average molecular weight is 612 g/mol. The van der Waals surface area contributed by atoms with Crippen molar-refractivity contribution >= 4 is 13.8 Å². The summed E-state index contributed by atoms with van der Waals surface area (Å²) >= 11 is 0. The van der Waals surface area contributed by atoms with Crippen molar-refractivity contribution in [2.24, 2.45) is 17.8 Å². The minimum Gasteiger partial charge on any atom is -0.457 e. The molecule has 44 heavy (non-hydrogen) atoms. The van der Waals surface area contributed by atoms with Crippen molar-refractivity contribution in [1.82, 2.24) is 4.67 Å². The summed E-state index contributed by atoms with van der Waals surface area (Å²) in [4.78, 5) is 0. The highest BCUT2D eigenvalue weighted by Crippen LogP contribution is 2.61. The van der Waals surface area contributed by atoms with Gasteiger partial charge < -0.3 is 4.74 Å². The van der Waals surface area contributed by atoms with E-state index in [0.717, 1.165) is 33.6 Å². The van der Waals surface area contributed by atoms with Gasteiger partial charge >= 0.3 is 0 Å². The van der Waals surface area contributed by atoms with Crippen LogP contribution in [0.5, 0.6) is 11.5 Å². The molecule has 3 nitrogen and oxygen atoms in total. The number of benzene rings is 2. The predicted octanol–water partition coefficient (Wildman–Crippen LogP) is 10.5. The van der Waals surface area contributed by atoms with E-state index in [1.54, 1.807) is 5.57 Å². The molecule has 0 spiro atoms. The summed E-state index contributed by atoms with van der Waals surface area (Å²) in [6.07, 6.45) is 13.8. The standard InChI is InChI=1S/C40H59N2OSi/c1-27-23-28-24-35-33-22-21-32(43-31-19-17-29(18-20-31)39(2,3)4)25-36(33)40(5,6)37(35)26-34(28)38(27)44(10,11)41(42(7,8)9)30-15-13-12-14-16-30/h17-22,24-28,30,34,38H,12-16,23H2,1-11H3/q+1. The van der Waals surface area contributed by atoms with E-state index in [2.05, 4.69) is 135 Å². The van der Waals surface area contributed by atoms with Crippen LogP contribution in [0.4, 0.5) is 0 Å². The fourth-order valence-electron chi connectivity index (χ4n) is 10.2. The van der Waals surface area contributed by atoms with Gasteiger partial charge in [0.25, 0.3) is 0 Å². The van der Waals surface area contributed by atoms with E-state index in [-0.39, 0.29) is 10.8 Å². The van der Waals surface area contributed by atoms with Gasteiger partial charge in [0, 0.05) is 11.5 Å². The molecule has 0 radical (unpaired) electrons. The van der Waals surface area contributed by atoms with Crippen molar-refractivity contribution in [3.05, 3.63) is 76.9 Å². The molecule has 4 aliphatic carbocycles. The number of hydrogen-bond acceptors (Lipinski definition) is 2. The Morgan fingerprint density at radius 3 is 2.14 bits per heavy atom. The van der Waals surface area contributed by atoms with E-state index < -0.39 is 8.24 Å². The first-order valence-corrected chi connectivity index (χ1v) is 20.5. The van der Waals surface area contributed by atoms with Crippen LogP contribution in [-0.2, 0) is 10.8 Å². The van der Waals surface area contributed by atoms with Gasteiger partial charge in [0.05, 0.1) is 21.1 Å². The number of quaternary nitrogens is 1. The molecule has 0 heterocycles. The third-order valence-corrected chi connectivity index (χ3v) is 16.5. The van der Waals surface area contributed by atoms with Crippen molar-refractivity contribution in [2.45, 2.75) is 116 Å². The van der Waals surface area contributed by atoms with Gasteiger partial charge in [-0.2, -0.15) is 4.67 Å². The third kappa shape index (κ3) is 5.47. The Kier molecular flexibility index (Phi) is 7.95. The lowest BCUT2D eigenvalue weighted by Crippen LogP contribution is -2.69. The number of ether oxygens (including phenoxy) is 1. The lowest BCUT2D eigenvalue weighted by molar-refractivity contribution is -0.975. The van der Waals surface area contributed by atoms with Crippen LogP contribution >= 0.6 is 0 Å². The van der Waals surface area contributed by atoms with Crippen LogP contribution in [0.15, 0.2) is 60.2 Å². The van der Waals surface area contributed by atoms with Crippen molar-refractivity contribution in [1.29, 1.82) is 0 Å². The number of allylic oxidation sites excluding steroid dienone is 4. The topological polar surface area (TPSA) is 12.5 Å². The van der Waals surface area contributed by atoms with Gasteiger partial charge in [-0.3, -0.25) is 4.59 Å². The summed E-state index contributed by atoms with van der Waals surface area (Å²) in [6, 6.07) is 16.2. The molecule has 2 saturated carbocycles. The van der Waals surface area contributed by atoms with Gasteiger partial charge in [-0.25, -0.2) is 0 Å². The maximum atomic E-state index is 6.44. The molecule has 4 aliphatic rings. The first kappa shape index (κ1) is 31.8. The summed E-state index contributed by atoms with van der Waals surface area (Å²) in [5.74, 6) is 3.86. The molecule has 2 aromatic rings. The Morgan fingerprint density at radius 1 is 0.886 bits per heavy atom. The molecule has 0 aliphatic heterocycles. The number of nitrogens with zero attached hydrogens (tertiary/aromatic N) is 2. The monoisotopic (exact) mass is 611 g/mol. The fraction of sp³-hybridized carbons (Fsp3) is 0.600. The Hall–Kier alpha value is -2.14. The minimum atomic E-state index is -1.82. The smallest absolute Gasteiger partial charge is 0.191 e. The first-order chi connectivity index (χ1) is 20.5. The van der Waals surface area contributed by atoms with Crippen LogP contribution in [-0.4, -0.2) is 44.7 Å². The summed E-state index contributed by atoms with van der Waals surface area (Å²) in [7, 11) is 5.49. The van der Waals surface area contributed by atoms with E-state index in [4.69, 9.17) is 4.74 Å². The molecule has 0 saturated heterocycles. The molecule has 4 unspecified atom stereocenters. The molecule has 0 bridgehead atoms. The van der Waals surface area contributed by atoms with Crippen molar-refractivity contribution in [2.75, 3.05) is 21.1 Å². The summed E-state index contributed by atoms with van der Waals surface area (Å²) < 4.78 is 10.5. The van der Waals surface area contributed by atoms with E-state index in [0.29, 0.717) is 11.8 Å². The Balaban J connectivity index is 1.31. The second-order valence-corrected chi connectivity index (χ2v) is 22.0. The molecule has 2 aromatic carbocycles. The molecule has 238 valence electrons. The predicted molar refractivity (Wildman–Crippen MR) is 189 cm³/mol. The Morgan fingerprint density at radius 2 is 1.52 bits per heavy atom. The quantitative estimate of drug-likeness (QED) is 0.183. The zero-order chi connectivity index (χ0) is 31.8. The number of fused-ring (bicyclic) bond motifs is 4. The maximum absolute atomic E-state index is 6.44. The van der Waals surface area contributed by atoms with Crippen molar-refractivity contribution < 1.29 is 9.33 Å². The average Bonchev–Trinajstić information content (AvgIpc) is 3.37. The summed E-state index contributed by atoms with van der Waals surface area (Å²) in [6.45, 7) is 19.7. The van der Waals surface area contributed by atoms with Gasteiger partial charge in [0.1, 0.15) is 11.5 Å². The summed E-state index contributed by atoms with van der Waals surface area (Å²) in [5, 5.41) is 0. The lowest BCUT2D eigenvalue weighted by Gasteiger charge is -2.54. The molecule has 0 aromatic heterocycles. The van der Waals surface area contributed by atoms with Crippen LogP contribution in [0.2, 0.25) is 18.6 Å². The van der Waals surface area contributed by atoms with Gasteiger partial charge in [0.2, 0.25) is 0 Å². The molecule has 2 fully saturated rings. The van der Waals surface area contributed by atoms with Crippen LogP contribution in [0.1, 0.15) is 96.8 Å². The Labute approximate surface area is 270 Å². The minimum absolute atomic E-state index is 0.0349. The second-order valence-electron chi connectivity index (χ2n) is 17.6. The van der Waals surface area contributed by atoms with Gasteiger partial charge in [-0.15, -0.1) is 0 Å². The molecular formula is C40H59N2OSi+. The van der Waals surface area contributed by atoms with Gasteiger partial charge in [-0.05, 0) is 100 Å². The van der Waals surface area contributed by atoms with E-state index >= 15 is 0 Å². The van der Waals surface area contributed by atoms with Crippen LogP contribution in [0.25, 0.3) is 5.57 Å². The lowest BCUT2D eigenvalue weighted by atomic mass is 9.76. The SMILES string of the molecule is CC1CC2C=C3C(=CC2C1[Si](C)(C)N(C1CCCCC1)[N+](C)(C)C)C(C)(C)c1cc(Oc2ccc(C(C)(C)C)cc2)ccc13. The summed E-state index contributed by atoms with van der Waals surface area (Å²) in [5.41, 5.74) is 8.07. The molecular weight excluding hydrogens is 553 g/mol.